The average molecular weight is 469 g/mol. The molecule has 4 rings (SSSR count). The van der Waals surface area contributed by atoms with Gasteiger partial charge in [-0.05, 0) is 36.4 Å². The Morgan fingerprint density at radius 2 is 1.86 bits per heavy atom. The van der Waals surface area contributed by atoms with Gasteiger partial charge in [0.15, 0.2) is 4.96 Å². The number of oxime groups is 1. The molecule has 0 aliphatic carbocycles. The van der Waals surface area contributed by atoms with E-state index in [9.17, 15) is 0 Å². The van der Waals surface area contributed by atoms with Crippen LogP contribution in [-0.2, 0) is 11.4 Å². The maximum atomic E-state index is 6.16. The largest absolute Gasteiger partial charge is 0.391 e. The van der Waals surface area contributed by atoms with E-state index in [-0.39, 0.29) is 6.61 Å². The molecule has 0 spiro atoms. The van der Waals surface area contributed by atoms with Gasteiger partial charge in [0.05, 0.1) is 6.21 Å². The summed E-state index contributed by atoms with van der Waals surface area (Å²) in [5, 5.41) is 8.70. The lowest BCUT2D eigenvalue weighted by atomic mass is 10.2. The topological polar surface area (TPSA) is 38.9 Å². The van der Waals surface area contributed by atoms with Crippen LogP contribution in [0.1, 0.15) is 11.3 Å². The monoisotopic (exact) mass is 467 g/mol. The van der Waals surface area contributed by atoms with Gasteiger partial charge in [-0.1, -0.05) is 57.8 Å². The van der Waals surface area contributed by atoms with Crippen LogP contribution in [0.3, 0.4) is 0 Å². The third-order valence-electron chi connectivity index (χ3n) is 3.81. The van der Waals surface area contributed by atoms with Gasteiger partial charge in [0.1, 0.15) is 17.3 Å². The number of aromatic nitrogens is 2. The van der Waals surface area contributed by atoms with E-state index < -0.39 is 0 Å². The van der Waals surface area contributed by atoms with Crippen LogP contribution in [0.5, 0.6) is 0 Å². The van der Waals surface area contributed by atoms with Gasteiger partial charge in [-0.25, -0.2) is 4.98 Å². The van der Waals surface area contributed by atoms with Gasteiger partial charge >= 0.3 is 0 Å². The van der Waals surface area contributed by atoms with Crippen molar-refractivity contribution in [3.05, 3.63) is 80.4 Å². The predicted molar refractivity (Wildman–Crippen MR) is 117 cm³/mol. The lowest BCUT2D eigenvalue weighted by molar-refractivity contribution is 0.132. The summed E-state index contributed by atoms with van der Waals surface area (Å²) in [6.07, 6.45) is 3.60. The van der Waals surface area contributed by atoms with E-state index >= 15 is 0 Å². The van der Waals surface area contributed by atoms with E-state index in [4.69, 9.17) is 39.6 Å². The Hall–Kier alpha value is -1.70. The first-order chi connectivity index (χ1) is 13.6. The molecular formula is C19H12Cl3N3OS2. The van der Waals surface area contributed by atoms with E-state index in [1.807, 2.05) is 40.2 Å². The molecule has 4 nitrogen and oxygen atoms in total. The highest BCUT2D eigenvalue weighted by Crippen LogP contribution is 2.32. The molecule has 9 heteroatoms. The molecule has 0 unspecified atom stereocenters. The Morgan fingerprint density at radius 3 is 2.61 bits per heavy atom. The number of hydrogen-bond donors (Lipinski definition) is 0. The van der Waals surface area contributed by atoms with Crippen LogP contribution < -0.4 is 0 Å². The van der Waals surface area contributed by atoms with E-state index in [1.165, 1.54) is 11.8 Å². The summed E-state index contributed by atoms with van der Waals surface area (Å²) in [5.74, 6) is 0. The van der Waals surface area contributed by atoms with Crippen molar-refractivity contribution in [3.8, 4) is 0 Å². The van der Waals surface area contributed by atoms with Gasteiger partial charge in [0, 0.05) is 37.1 Å². The quantitative estimate of drug-likeness (QED) is 0.225. The highest BCUT2D eigenvalue weighted by Gasteiger charge is 2.13. The number of hydrogen-bond acceptors (Lipinski definition) is 5. The molecule has 0 amide bonds. The Labute approximate surface area is 184 Å². The molecule has 142 valence electrons. The van der Waals surface area contributed by atoms with Crippen LogP contribution in [0, 0.1) is 0 Å². The molecule has 0 N–H and O–H groups in total. The number of benzene rings is 2. The van der Waals surface area contributed by atoms with Crippen LogP contribution in [0.2, 0.25) is 15.1 Å². The fourth-order valence-electron chi connectivity index (χ4n) is 2.45. The first kappa shape index (κ1) is 19.6. The first-order valence-corrected chi connectivity index (χ1v) is 10.9. The number of imidazole rings is 1. The summed E-state index contributed by atoms with van der Waals surface area (Å²) in [6.45, 7) is 0.181. The molecule has 0 aliphatic rings. The average Bonchev–Trinajstić information content (AvgIpc) is 3.24. The second-order valence-corrected chi connectivity index (χ2v) is 8.81. The summed E-state index contributed by atoms with van der Waals surface area (Å²) >= 11 is 21.4. The second-order valence-electron chi connectivity index (χ2n) is 5.62. The van der Waals surface area contributed by atoms with Gasteiger partial charge in [0.25, 0.3) is 0 Å². The number of nitrogens with zero attached hydrogens (tertiary/aromatic N) is 3. The minimum absolute atomic E-state index is 0.181. The SMILES string of the molecule is Clc1ccc(Sc2nc3sccn3c2C=NOCc2c(Cl)cccc2Cl)cc1. The summed E-state index contributed by atoms with van der Waals surface area (Å²) in [5.41, 5.74) is 1.54. The smallest absolute Gasteiger partial charge is 0.195 e. The molecule has 0 saturated carbocycles. The zero-order valence-electron chi connectivity index (χ0n) is 14.2. The highest BCUT2D eigenvalue weighted by molar-refractivity contribution is 7.99. The van der Waals surface area contributed by atoms with Gasteiger partial charge in [-0.2, -0.15) is 0 Å². The minimum Gasteiger partial charge on any atom is -0.391 e. The molecular weight excluding hydrogens is 457 g/mol. The Bertz CT molecular complexity index is 1120. The van der Waals surface area contributed by atoms with Crippen LogP contribution in [0.25, 0.3) is 4.96 Å². The van der Waals surface area contributed by atoms with Crippen LogP contribution in [0.15, 0.2) is 69.1 Å². The lowest BCUT2D eigenvalue weighted by Crippen LogP contribution is -1.94. The minimum atomic E-state index is 0.181. The molecule has 2 heterocycles. The molecule has 0 radical (unpaired) electrons. The summed E-state index contributed by atoms with van der Waals surface area (Å²) in [6, 6.07) is 12.9. The van der Waals surface area contributed by atoms with Crippen molar-refractivity contribution in [2.45, 2.75) is 16.5 Å². The van der Waals surface area contributed by atoms with Crippen molar-refractivity contribution >= 4 is 69.1 Å². The molecule has 0 fully saturated rings. The van der Waals surface area contributed by atoms with E-state index in [0.29, 0.717) is 20.6 Å². The zero-order chi connectivity index (χ0) is 19.5. The predicted octanol–water partition coefficient (Wildman–Crippen LogP) is 7.06. The molecule has 2 aromatic heterocycles. The Kier molecular flexibility index (Phi) is 6.13. The summed E-state index contributed by atoms with van der Waals surface area (Å²) < 4.78 is 1.97. The maximum absolute atomic E-state index is 6.16. The fraction of sp³-hybridized carbons (Fsp3) is 0.0526. The van der Waals surface area contributed by atoms with Gasteiger partial charge < -0.3 is 4.84 Å². The molecule has 28 heavy (non-hydrogen) atoms. The van der Waals surface area contributed by atoms with Crippen molar-refractivity contribution < 1.29 is 4.84 Å². The third kappa shape index (κ3) is 4.31. The van der Waals surface area contributed by atoms with Crippen LogP contribution in [0.4, 0.5) is 0 Å². The summed E-state index contributed by atoms with van der Waals surface area (Å²) in [4.78, 5) is 12.0. The number of halogens is 3. The number of fused-ring (bicyclic) bond motifs is 1. The van der Waals surface area contributed by atoms with Gasteiger partial charge in [0.2, 0.25) is 0 Å². The highest BCUT2D eigenvalue weighted by atomic mass is 35.5. The van der Waals surface area contributed by atoms with E-state index in [2.05, 4.69) is 10.1 Å². The molecule has 0 atom stereocenters. The molecule has 0 bridgehead atoms. The lowest BCUT2D eigenvalue weighted by Gasteiger charge is -2.05. The van der Waals surface area contributed by atoms with E-state index in [1.54, 1.807) is 35.8 Å². The van der Waals surface area contributed by atoms with Gasteiger partial charge in [-0.15, -0.1) is 11.3 Å². The van der Waals surface area contributed by atoms with Crippen molar-refractivity contribution in [1.82, 2.24) is 9.38 Å². The normalized spacial score (nSPS) is 11.5. The van der Waals surface area contributed by atoms with Crippen molar-refractivity contribution in [2.24, 2.45) is 5.16 Å². The molecule has 2 aromatic carbocycles. The van der Waals surface area contributed by atoms with Crippen molar-refractivity contribution in [2.75, 3.05) is 0 Å². The van der Waals surface area contributed by atoms with Crippen LogP contribution in [-0.4, -0.2) is 15.6 Å². The standard InChI is InChI=1S/C19H12Cl3N3OS2/c20-12-4-6-13(7-5-12)28-18-17(25-8-9-27-19(25)24-18)10-23-26-11-14-15(21)2-1-3-16(14)22/h1-10H,11H2. The number of thiazole rings is 1. The Morgan fingerprint density at radius 1 is 1.11 bits per heavy atom. The summed E-state index contributed by atoms with van der Waals surface area (Å²) in [7, 11) is 0. The molecule has 0 saturated heterocycles. The molecule has 0 aliphatic heterocycles. The zero-order valence-corrected chi connectivity index (χ0v) is 18.1. The molecule has 4 aromatic rings. The van der Waals surface area contributed by atoms with Gasteiger partial charge in [-0.3, -0.25) is 4.40 Å². The number of rotatable bonds is 6. The second kappa shape index (κ2) is 8.76. The first-order valence-electron chi connectivity index (χ1n) is 8.09. The fourth-order valence-corrected chi connectivity index (χ4v) is 4.74. The van der Waals surface area contributed by atoms with Crippen molar-refractivity contribution in [3.63, 3.8) is 0 Å². The van der Waals surface area contributed by atoms with Crippen LogP contribution >= 0.6 is 57.9 Å². The third-order valence-corrected chi connectivity index (χ3v) is 6.53. The maximum Gasteiger partial charge on any atom is 0.195 e. The van der Waals surface area contributed by atoms with E-state index in [0.717, 1.165) is 20.6 Å². The Balaban J connectivity index is 1.54. The van der Waals surface area contributed by atoms with Crippen molar-refractivity contribution in [1.29, 1.82) is 0 Å².